The highest BCUT2D eigenvalue weighted by atomic mass is 79.9. The number of aromatic amines is 1. The largest absolute Gasteiger partial charge is 0.490 e. The monoisotopic (exact) mass is 426 g/mol. The van der Waals surface area contributed by atoms with Gasteiger partial charge in [-0.05, 0) is 30.3 Å². The second-order valence-electron chi connectivity index (χ2n) is 6.64. The molecule has 2 heterocycles. The van der Waals surface area contributed by atoms with Crippen LogP contribution in [0.3, 0.4) is 0 Å². The number of piperidine rings is 1. The van der Waals surface area contributed by atoms with Gasteiger partial charge in [-0.2, -0.15) is 0 Å². The predicted octanol–water partition coefficient (Wildman–Crippen LogP) is 3.97. The van der Waals surface area contributed by atoms with Gasteiger partial charge in [-0.1, -0.05) is 34.1 Å². The van der Waals surface area contributed by atoms with Gasteiger partial charge in [0.2, 0.25) is 5.43 Å². The predicted molar refractivity (Wildman–Crippen MR) is 108 cm³/mol. The molecule has 4 rings (SSSR count). The molecule has 27 heavy (non-hydrogen) atoms. The van der Waals surface area contributed by atoms with Gasteiger partial charge < -0.3 is 14.6 Å². The van der Waals surface area contributed by atoms with Crippen LogP contribution in [0.1, 0.15) is 23.2 Å². The van der Waals surface area contributed by atoms with Gasteiger partial charge in [0.05, 0.1) is 0 Å². The summed E-state index contributed by atoms with van der Waals surface area (Å²) in [4.78, 5) is 30.3. The van der Waals surface area contributed by atoms with E-state index < -0.39 is 0 Å². The Balaban J connectivity index is 1.44. The third-order valence-corrected chi connectivity index (χ3v) is 5.34. The van der Waals surface area contributed by atoms with E-state index in [1.165, 1.54) is 6.20 Å². The molecule has 1 amide bonds. The normalized spacial score (nSPS) is 15.1. The molecule has 1 aliphatic rings. The van der Waals surface area contributed by atoms with Crippen LogP contribution < -0.4 is 10.2 Å². The number of nitrogens with zero attached hydrogens (tertiary/aromatic N) is 1. The summed E-state index contributed by atoms with van der Waals surface area (Å²) in [6, 6.07) is 15.0. The van der Waals surface area contributed by atoms with Gasteiger partial charge >= 0.3 is 0 Å². The fraction of sp³-hybridized carbons (Fsp3) is 0.238. The number of hydrogen-bond donors (Lipinski definition) is 1. The van der Waals surface area contributed by atoms with E-state index in [2.05, 4.69) is 20.9 Å². The zero-order valence-corrected chi connectivity index (χ0v) is 16.2. The van der Waals surface area contributed by atoms with Crippen molar-refractivity contribution in [3.63, 3.8) is 0 Å². The van der Waals surface area contributed by atoms with Crippen LogP contribution in [-0.4, -0.2) is 35.0 Å². The molecule has 0 spiro atoms. The number of carbonyl (C=O) groups excluding carboxylic acids is 1. The Labute approximate surface area is 165 Å². The van der Waals surface area contributed by atoms with Crippen molar-refractivity contribution >= 4 is 32.7 Å². The van der Waals surface area contributed by atoms with Crippen molar-refractivity contribution in [2.24, 2.45) is 0 Å². The van der Waals surface area contributed by atoms with E-state index in [0.29, 0.717) is 18.5 Å². The Hall–Kier alpha value is -2.60. The average Bonchev–Trinajstić information content (AvgIpc) is 2.69. The molecule has 0 bridgehead atoms. The lowest BCUT2D eigenvalue weighted by Crippen LogP contribution is -2.43. The summed E-state index contributed by atoms with van der Waals surface area (Å²) in [7, 11) is 0. The molecule has 0 saturated carbocycles. The topological polar surface area (TPSA) is 62.4 Å². The average molecular weight is 427 g/mol. The first-order valence-corrected chi connectivity index (χ1v) is 9.73. The molecule has 3 aromatic rings. The number of benzene rings is 2. The highest BCUT2D eigenvalue weighted by molar-refractivity contribution is 9.10. The molecule has 1 saturated heterocycles. The van der Waals surface area contributed by atoms with Crippen LogP contribution in [-0.2, 0) is 0 Å². The molecule has 0 aliphatic carbocycles. The van der Waals surface area contributed by atoms with Crippen LogP contribution in [0, 0.1) is 0 Å². The molecule has 0 radical (unpaired) electrons. The number of amides is 1. The van der Waals surface area contributed by atoms with Gasteiger partial charge in [0.1, 0.15) is 17.4 Å². The molecule has 0 unspecified atom stereocenters. The van der Waals surface area contributed by atoms with E-state index in [9.17, 15) is 9.59 Å². The van der Waals surface area contributed by atoms with Crippen LogP contribution in [0.15, 0.2) is 64.0 Å². The molecule has 1 N–H and O–H groups in total. The zero-order chi connectivity index (χ0) is 18.8. The quantitative estimate of drug-likeness (QED) is 0.688. The number of H-pyrrole nitrogens is 1. The van der Waals surface area contributed by atoms with Gasteiger partial charge in [0.15, 0.2) is 0 Å². The number of nitrogens with one attached hydrogen (secondary N) is 1. The van der Waals surface area contributed by atoms with Crippen molar-refractivity contribution in [2.45, 2.75) is 18.9 Å². The molecule has 2 aromatic carbocycles. The van der Waals surface area contributed by atoms with E-state index in [-0.39, 0.29) is 23.0 Å². The summed E-state index contributed by atoms with van der Waals surface area (Å²) in [5, 5.41) is 0.538. The van der Waals surface area contributed by atoms with Gasteiger partial charge in [0.25, 0.3) is 5.91 Å². The van der Waals surface area contributed by atoms with Gasteiger partial charge in [-0.25, -0.2) is 0 Å². The van der Waals surface area contributed by atoms with Crippen molar-refractivity contribution < 1.29 is 9.53 Å². The molecule has 0 atom stereocenters. The molecule has 1 aliphatic heterocycles. The summed E-state index contributed by atoms with van der Waals surface area (Å²) < 4.78 is 6.99. The number of halogens is 1. The third-order valence-electron chi connectivity index (χ3n) is 4.85. The second kappa shape index (κ2) is 7.56. The molecule has 138 valence electrons. The molecule has 5 nitrogen and oxygen atoms in total. The van der Waals surface area contributed by atoms with Crippen LogP contribution >= 0.6 is 15.9 Å². The lowest BCUT2D eigenvalue weighted by atomic mass is 10.1. The maximum absolute atomic E-state index is 12.8. The maximum Gasteiger partial charge on any atom is 0.259 e. The number of para-hydroxylation sites is 1. The third kappa shape index (κ3) is 3.76. The number of aromatic nitrogens is 1. The molecule has 1 aromatic heterocycles. The number of pyridine rings is 1. The minimum Gasteiger partial charge on any atom is -0.490 e. The Kier molecular flexibility index (Phi) is 4.99. The number of fused-ring (bicyclic) bond motifs is 1. The first-order chi connectivity index (χ1) is 13.1. The van der Waals surface area contributed by atoms with Crippen LogP contribution in [0.2, 0.25) is 0 Å². The van der Waals surface area contributed by atoms with Crippen molar-refractivity contribution in [2.75, 3.05) is 13.1 Å². The summed E-state index contributed by atoms with van der Waals surface area (Å²) in [6.07, 6.45) is 3.07. The van der Waals surface area contributed by atoms with Crippen molar-refractivity contribution in [1.82, 2.24) is 9.88 Å². The zero-order valence-electron chi connectivity index (χ0n) is 14.7. The van der Waals surface area contributed by atoms with E-state index in [0.717, 1.165) is 28.6 Å². The van der Waals surface area contributed by atoms with Crippen LogP contribution in [0.4, 0.5) is 0 Å². The van der Waals surface area contributed by atoms with Crippen LogP contribution in [0.25, 0.3) is 10.9 Å². The summed E-state index contributed by atoms with van der Waals surface area (Å²) >= 11 is 3.44. The number of hydrogen-bond acceptors (Lipinski definition) is 3. The van der Waals surface area contributed by atoms with E-state index in [4.69, 9.17) is 4.74 Å². The first kappa shape index (κ1) is 17.8. The second-order valence-corrected chi connectivity index (χ2v) is 7.56. The molecular formula is C21H19BrN2O3. The molecular weight excluding hydrogens is 408 g/mol. The van der Waals surface area contributed by atoms with Crippen molar-refractivity contribution in [3.8, 4) is 5.75 Å². The fourth-order valence-corrected chi connectivity index (χ4v) is 3.78. The number of likely N-dealkylation sites (tertiary alicyclic amines) is 1. The fourth-order valence-electron chi connectivity index (χ4n) is 3.41. The maximum atomic E-state index is 12.8. The minimum absolute atomic E-state index is 0.0678. The van der Waals surface area contributed by atoms with E-state index >= 15 is 0 Å². The standard InChI is InChI=1S/C21H19BrN2O3/c22-14-4-3-5-16(12-14)27-15-8-10-24(11-9-15)21(26)18-13-23-19-7-2-1-6-17(19)20(18)25/h1-7,12-13,15H,8-11H2,(H,23,25). The molecule has 6 heteroatoms. The smallest absolute Gasteiger partial charge is 0.259 e. The Morgan fingerprint density at radius 2 is 1.89 bits per heavy atom. The summed E-state index contributed by atoms with van der Waals surface area (Å²) in [5.41, 5.74) is 0.710. The van der Waals surface area contributed by atoms with Gasteiger partial charge in [0, 0.05) is 47.5 Å². The number of carbonyl (C=O) groups is 1. The highest BCUT2D eigenvalue weighted by Crippen LogP contribution is 2.23. The highest BCUT2D eigenvalue weighted by Gasteiger charge is 2.26. The summed E-state index contributed by atoms with van der Waals surface area (Å²) in [6.45, 7) is 1.15. The lowest BCUT2D eigenvalue weighted by molar-refractivity contribution is 0.0594. The van der Waals surface area contributed by atoms with E-state index in [1.54, 1.807) is 17.0 Å². The van der Waals surface area contributed by atoms with Gasteiger partial charge in [-0.3, -0.25) is 9.59 Å². The van der Waals surface area contributed by atoms with E-state index in [1.807, 2.05) is 36.4 Å². The number of ether oxygens (including phenoxy) is 1. The Bertz CT molecular complexity index is 1040. The minimum atomic E-state index is -0.221. The molecule has 1 fully saturated rings. The van der Waals surface area contributed by atoms with Crippen LogP contribution in [0.5, 0.6) is 5.75 Å². The number of rotatable bonds is 3. The SMILES string of the molecule is O=C(c1c[nH]c2ccccc2c1=O)N1CCC(Oc2cccc(Br)c2)CC1. The first-order valence-electron chi connectivity index (χ1n) is 8.94. The van der Waals surface area contributed by atoms with Crippen molar-refractivity contribution in [3.05, 3.63) is 75.0 Å². The van der Waals surface area contributed by atoms with Crippen molar-refractivity contribution in [1.29, 1.82) is 0 Å². The lowest BCUT2D eigenvalue weighted by Gasteiger charge is -2.32. The Morgan fingerprint density at radius 3 is 2.67 bits per heavy atom. The van der Waals surface area contributed by atoms with Gasteiger partial charge in [-0.15, -0.1) is 0 Å². The Morgan fingerprint density at radius 1 is 1.11 bits per heavy atom. The summed E-state index contributed by atoms with van der Waals surface area (Å²) in [5.74, 6) is 0.600.